The normalized spacial score (nSPS) is 12.6. The molecule has 0 saturated carbocycles. The van der Waals surface area contributed by atoms with E-state index in [0.29, 0.717) is 19.6 Å². The molecule has 1 N–H and O–H groups in total. The average molecular weight is 228 g/mol. The zero-order valence-corrected chi connectivity index (χ0v) is 10.9. The molecule has 4 heteroatoms. The minimum Gasteiger partial charge on any atom is -0.355 e. The predicted molar refractivity (Wildman–Crippen MR) is 65.3 cm³/mol. The Hall–Kier alpha value is -0.900. The largest absolute Gasteiger partial charge is 0.355 e. The Morgan fingerprint density at radius 2 is 1.81 bits per heavy atom. The van der Waals surface area contributed by atoms with E-state index in [0.717, 1.165) is 13.0 Å². The van der Waals surface area contributed by atoms with E-state index < -0.39 is 0 Å². The highest BCUT2D eigenvalue weighted by molar-refractivity contribution is 5.84. The van der Waals surface area contributed by atoms with Gasteiger partial charge in [-0.05, 0) is 19.9 Å². The smallest absolute Gasteiger partial charge is 0.234 e. The summed E-state index contributed by atoms with van der Waals surface area (Å²) in [6.07, 6.45) is 0.859. The van der Waals surface area contributed by atoms with Gasteiger partial charge in [0.15, 0.2) is 0 Å². The highest BCUT2D eigenvalue weighted by atomic mass is 16.2. The van der Waals surface area contributed by atoms with Crippen LogP contribution in [0.5, 0.6) is 0 Å². The molecular weight excluding hydrogens is 204 g/mol. The third kappa shape index (κ3) is 5.85. The Morgan fingerprint density at radius 3 is 2.25 bits per heavy atom. The second-order valence-electron chi connectivity index (χ2n) is 4.03. The molecule has 0 radical (unpaired) electrons. The van der Waals surface area contributed by atoms with Crippen LogP contribution < -0.4 is 5.32 Å². The molecule has 0 heterocycles. The van der Waals surface area contributed by atoms with E-state index in [9.17, 15) is 9.59 Å². The van der Waals surface area contributed by atoms with Crippen molar-refractivity contribution in [2.45, 2.75) is 34.1 Å². The number of rotatable bonds is 8. The Morgan fingerprint density at radius 1 is 1.19 bits per heavy atom. The molecule has 1 unspecified atom stereocenters. The molecule has 0 aromatic carbocycles. The minimum absolute atomic E-state index is 0.0127. The number of carbonyl (C=O) groups is 2. The molecular formula is C12H24N2O2. The van der Waals surface area contributed by atoms with Gasteiger partial charge in [0.1, 0.15) is 5.78 Å². The molecule has 0 bridgehead atoms. The van der Waals surface area contributed by atoms with Crippen molar-refractivity contribution in [3.8, 4) is 0 Å². The van der Waals surface area contributed by atoms with Crippen molar-refractivity contribution in [3.63, 3.8) is 0 Å². The summed E-state index contributed by atoms with van der Waals surface area (Å²) in [6, 6.07) is 0. The average Bonchev–Trinajstić information content (AvgIpc) is 2.27. The summed E-state index contributed by atoms with van der Waals surface area (Å²) in [5.74, 6) is 0.290. The lowest BCUT2D eigenvalue weighted by Gasteiger charge is -2.20. The predicted octanol–water partition coefficient (Wildman–Crippen LogP) is 1.06. The van der Waals surface area contributed by atoms with E-state index in [2.05, 4.69) is 5.32 Å². The van der Waals surface area contributed by atoms with Crippen molar-refractivity contribution in [1.29, 1.82) is 0 Å². The van der Waals surface area contributed by atoms with Gasteiger partial charge < -0.3 is 5.32 Å². The van der Waals surface area contributed by atoms with E-state index in [1.165, 1.54) is 0 Å². The summed E-state index contributed by atoms with van der Waals surface area (Å²) in [5, 5.41) is 2.73. The van der Waals surface area contributed by atoms with Crippen molar-refractivity contribution in [3.05, 3.63) is 0 Å². The van der Waals surface area contributed by atoms with Crippen LogP contribution >= 0.6 is 0 Å². The summed E-state index contributed by atoms with van der Waals surface area (Å²) >= 11 is 0. The lowest BCUT2D eigenvalue weighted by atomic mass is 10.0. The molecule has 0 spiro atoms. The van der Waals surface area contributed by atoms with Gasteiger partial charge in [-0.3, -0.25) is 14.5 Å². The Kier molecular flexibility index (Phi) is 7.81. The number of carbonyl (C=O) groups excluding carboxylic acids is 2. The molecule has 0 saturated heterocycles. The maximum absolute atomic E-state index is 11.7. The molecule has 0 aromatic heterocycles. The van der Waals surface area contributed by atoms with Crippen LogP contribution in [0.15, 0.2) is 0 Å². The molecule has 0 aromatic rings. The van der Waals surface area contributed by atoms with E-state index in [1.54, 1.807) is 0 Å². The first kappa shape index (κ1) is 15.1. The monoisotopic (exact) mass is 228 g/mol. The molecule has 4 nitrogen and oxygen atoms in total. The van der Waals surface area contributed by atoms with Crippen molar-refractivity contribution in [2.24, 2.45) is 5.92 Å². The van der Waals surface area contributed by atoms with Gasteiger partial charge in [0.25, 0.3) is 0 Å². The van der Waals surface area contributed by atoms with Crippen LogP contribution in [0, 0.1) is 5.92 Å². The van der Waals surface area contributed by atoms with Crippen molar-refractivity contribution >= 4 is 11.7 Å². The van der Waals surface area contributed by atoms with Gasteiger partial charge in [-0.2, -0.15) is 0 Å². The maximum atomic E-state index is 11.7. The van der Waals surface area contributed by atoms with Gasteiger partial charge >= 0.3 is 0 Å². The number of hydrogen-bond donors (Lipinski definition) is 1. The van der Waals surface area contributed by atoms with Crippen molar-refractivity contribution < 1.29 is 9.59 Å². The van der Waals surface area contributed by atoms with Crippen LogP contribution in [0.4, 0.5) is 0 Å². The molecule has 0 aliphatic heterocycles. The fourth-order valence-electron chi connectivity index (χ4n) is 1.34. The lowest BCUT2D eigenvalue weighted by Crippen LogP contribution is -2.40. The van der Waals surface area contributed by atoms with Crippen LogP contribution in [0.3, 0.4) is 0 Å². The van der Waals surface area contributed by atoms with Crippen molar-refractivity contribution in [2.75, 3.05) is 26.2 Å². The number of amides is 1. The molecule has 0 rings (SSSR count). The fraction of sp³-hybridized carbons (Fsp3) is 0.833. The molecule has 94 valence electrons. The highest BCUT2D eigenvalue weighted by Crippen LogP contribution is 2.03. The zero-order chi connectivity index (χ0) is 12.6. The SMILES string of the molecule is CCNC(=O)CN(CC)CC(=O)C(C)CC. The van der Waals surface area contributed by atoms with E-state index in [1.807, 2.05) is 32.6 Å². The van der Waals surface area contributed by atoms with Gasteiger partial charge in [0.05, 0.1) is 13.1 Å². The number of Topliss-reactive ketones (excluding diaryl/α,β-unsaturated/α-hetero) is 1. The molecule has 0 aliphatic carbocycles. The van der Waals surface area contributed by atoms with E-state index >= 15 is 0 Å². The molecule has 1 amide bonds. The quantitative estimate of drug-likeness (QED) is 0.676. The van der Waals surface area contributed by atoms with Crippen LogP contribution in [-0.2, 0) is 9.59 Å². The van der Waals surface area contributed by atoms with E-state index in [4.69, 9.17) is 0 Å². The summed E-state index contributed by atoms with van der Waals surface area (Å²) in [6.45, 7) is 9.83. The molecule has 1 atom stereocenters. The van der Waals surface area contributed by atoms with Crippen LogP contribution in [0.1, 0.15) is 34.1 Å². The number of hydrogen-bond acceptors (Lipinski definition) is 3. The standard InChI is InChI=1S/C12H24N2O2/c1-5-10(4)11(15)8-14(7-3)9-12(16)13-6-2/h10H,5-9H2,1-4H3,(H,13,16). The van der Waals surface area contributed by atoms with Crippen LogP contribution in [0.25, 0.3) is 0 Å². The summed E-state index contributed by atoms with van der Waals surface area (Å²) in [5.41, 5.74) is 0. The molecule has 0 aliphatic rings. The Bertz CT molecular complexity index is 229. The summed E-state index contributed by atoms with van der Waals surface area (Å²) in [4.78, 5) is 25.0. The molecule has 0 fully saturated rings. The van der Waals surface area contributed by atoms with Gasteiger partial charge in [0, 0.05) is 12.5 Å². The summed E-state index contributed by atoms with van der Waals surface area (Å²) in [7, 11) is 0. The topological polar surface area (TPSA) is 49.4 Å². The Labute approximate surface area is 98.4 Å². The lowest BCUT2D eigenvalue weighted by molar-refractivity contribution is -0.125. The van der Waals surface area contributed by atoms with Gasteiger partial charge in [-0.15, -0.1) is 0 Å². The van der Waals surface area contributed by atoms with Gasteiger partial charge in [-0.1, -0.05) is 20.8 Å². The summed E-state index contributed by atoms with van der Waals surface area (Å²) < 4.78 is 0. The second kappa shape index (κ2) is 8.28. The van der Waals surface area contributed by atoms with Crippen LogP contribution in [-0.4, -0.2) is 42.8 Å². The fourth-order valence-corrected chi connectivity index (χ4v) is 1.34. The van der Waals surface area contributed by atoms with E-state index in [-0.39, 0.29) is 17.6 Å². The first-order valence-electron chi connectivity index (χ1n) is 6.06. The number of ketones is 1. The number of nitrogens with zero attached hydrogens (tertiary/aromatic N) is 1. The number of likely N-dealkylation sites (N-methyl/N-ethyl adjacent to an activating group) is 2. The second-order valence-corrected chi connectivity index (χ2v) is 4.03. The zero-order valence-electron chi connectivity index (χ0n) is 10.9. The number of nitrogens with one attached hydrogen (secondary N) is 1. The third-order valence-electron chi connectivity index (χ3n) is 2.73. The maximum Gasteiger partial charge on any atom is 0.234 e. The first-order chi connectivity index (χ1) is 7.54. The minimum atomic E-state index is -0.0127. The van der Waals surface area contributed by atoms with Gasteiger partial charge in [-0.25, -0.2) is 0 Å². The Balaban J connectivity index is 4.09. The van der Waals surface area contributed by atoms with Crippen molar-refractivity contribution in [1.82, 2.24) is 10.2 Å². The van der Waals surface area contributed by atoms with Gasteiger partial charge in [0.2, 0.25) is 5.91 Å². The third-order valence-corrected chi connectivity index (χ3v) is 2.73. The highest BCUT2D eigenvalue weighted by Gasteiger charge is 2.16. The molecule has 16 heavy (non-hydrogen) atoms. The first-order valence-corrected chi connectivity index (χ1v) is 6.06. The van der Waals surface area contributed by atoms with Crippen LogP contribution in [0.2, 0.25) is 0 Å².